The molecule has 1 fully saturated rings. The van der Waals surface area contributed by atoms with Crippen molar-refractivity contribution in [1.29, 1.82) is 0 Å². The standard InChI is InChI=1S/C23H37NO5Si/c1-22(2,3)28-21(26)24-15-18(29-30(7,8)23(4,5)6)14-19(24)20(25)27-16-17-12-10-9-11-13-17/h9-13,18-19H,14-16H2,1-8H3/t18?,19-/m0/s1. The molecule has 1 aromatic rings. The van der Waals surface area contributed by atoms with Gasteiger partial charge in [0.25, 0.3) is 0 Å². The number of hydrogen-bond donors (Lipinski definition) is 0. The van der Waals surface area contributed by atoms with Crippen molar-refractivity contribution in [2.24, 2.45) is 0 Å². The Morgan fingerprint density at radius 2 is 1.67 bits per heavy atom. The zero-order valence-electron chi connectivity index (χ0n) is 19.7. The summed E-state index contributed by atoms with van der Waals surface area (Å²) < 4.78 is 17.6. The Labute approximate surface area is 182 Å². The Morgan fingerprint density at radius 1 is 1.07 bits per heavy atom. The van der Waals surface area contributed by atoms with Crippen molar-refractivity contribution in [2.75, 3.05) is 6.54 Å². The first kappa shape index (κ1) is 24.4. The van der Waals surface area contributed by atoms with Crippen molar-refractivity contribution in [3.8, 4) is 0 Å². The summed E-state index contributed by atoms with van der Waals surface area (Å²) in [5, 5.41) is 0.0374. The fourth-order valence-corrected chi connectivity index (χ4v) is 4.40. The average molecular weight is 436 g/mol. The van der Waals surface area contributed by atoms with Crippen molar-refractivity contribution < 1.29 is 23.5 Å². The smallest absolute Gasteiger partial charge is 0.411 e. The van der Waals surface area contributed by atoms with E-state index < -0.39 is 32.0 Å². The number of carbonyl (C=O) groups excluding carboxylic acids is 2. The Hall–Kier alpha value is -1.86. The largest absolute Gasteiger partial charge is 0.459 e. The third kappa shape index (κ3) is 6.57. The highest BCUT2D eigenvalue weighted by molar-refractivity contribution is 6.74. The molecule has 1 amide bonds. The number of hydrogen-bond acceptors (Lipinski definition) is 5. The Kier molecular flexibility index (Phi) is 7.40. The van der Waals surface area contributed by atoms with Gasteiger partial charge >= 0.3 is 12.1 Å². The monoisotopic (exact) mass is 435 g/mol. The van der Waals surface area contributed by atoms with Gasteiger partial charge in [0.2, 0.25) is 0 Å². The molecule has 0 bridgehead atoms. The molecule has 0 aliphatic carbocycles. The van der Waals surface area contributed by atoms with Gasteiger partial charge in [0.05, 0.1) is 6.10 Å². The molecule has 0 radical (unpaired) electrons. The lowest BCUT2D eigenvalue weighted by atomic mass is 10.2. The van der Waals surface area contributed by atoms with Gasteiger partial charge < -0.3 is 13.9 Å². The van der Waals surface area contributed by atoms with Gasteiger partial charge in [-0.1, -0.05) is 51.1 Å². The molecular formula is C23H37NO5Si. The SMILES string of the molecule is CC(C)(C)OC(=O)N1CC(O[Si](C)(C)C(C)(C)C)C[C@H]1C(=O)OCc1ccccc1. The molecule has 1 saturated heterocycles. The van der Waals surface area contributed by atoms with Crippen LogP contribution in [0.15, 0.2) is 30.3 Å². The van der Waals surface area contributed by atoms with Crippen molar-refractivity contribution in [1.82, 2.24) is 4.90 Å². The molecule has 7 heteroatoms. The van der Waals surface area contributed by atoms with E-state index in [2.05, 4.69) is 33.9 Å². The Balaban J connectivity index is 2.14. The van der Waals surface area contributed by atoms with Crippen LogP contribution < -0.4 is 0 Å². The van der Waals surface area contributed by atoms with Crippen LogP contribution in [-0.2, 0) is 25.3 Å². The summed E-state index contributed by atoms with van der Waals surface area (Å²) in [6, 6.07) is 8.80. The molecule has 1 unspecified atom stereocenters. The highest BCUT2D eigenvalue weighted by atomic mass is 28.4. The molecule has 1 heterocycles. The normalized spacial score (nSPS) is 20.2. The number of likely N-dealkylation sites (tertiary alicyclic amines) is 1. The van der Waals surface area contributed by atoms with Crippen LogP contribution in [0.4, 0.5) is 4.79 Å². The first-order chi connectivity index (χ1) is 13.7. The van der Waals surface area contributed by atoms with Crippen molar-refractivity contribution in [2.45, 2.75) is 90.4 Å². The van der Waals surface area contributed by atoms with E-state index in [4.69, 9.17) is 13.9 Å². The van der Waals surface area contributed by atoms with Gasteiger partial charge in [0.15, 0.2) is 8.32 Å². The van der Waals surface area contributed by atoms with E-state index in [1.165, 1.54) is 4.90 Å². The van der Waals surface area contributed by atoms with Crippen molar-refractivity contribution in [3.05, 3.63) is 35.9 Å². The number of benzene rings is 1. The quantitative estimate of drug-likeness (QED) is 0.474. The van der Waals surface area contributed by atoms with Crippen LogP contribution >= 0.6 is 0 Å². The predicted molar refractivity (Wildman–Crippen MR) is 120 cm³/mol. The number of ether oxygens (including phenoxy) is 2. The summed E-state index contributed by atoms with van der Waals surface area (Å²) in [6.45, 7) is 16.8. The van der Waals surface area contributed by atoms with Crippen LogP contribution in [0.25, 0.3) is 0 Å². The van der Waals surface area contributed by atoms with E-state index in [1.54, 1.807) is 0 Å². The van der Waals surface area contributed by atoms with Gasteiger partial charge in [-0.15, -0.1) is 0 Å². The highest BCUT2D eigenvalue weighted by Gasteiger charge is 2.47. The fraction of sp³-hybridized carbons (Fsp3) is 0.652. The number of esters is 1. The van der Waals surface area contributed by atoms with Crippen molar-refractivity contribution in [3.63, 3.8) is 0 Å². The molecule has 0 aromatic heterocycles. The zero-order chi connectivity index (χ0) is 22.7. The maximum absolute atomic E-state index is 12.9. The second-order valence-corrected chi connectivity index (χ2v) is 15.2. The molecule has 2 rings (SSSR count). The molecule has 6 nitrogen and oxygen atoms in total. The minimum absolute atomic E-state index is 0.0374. The molecule has 30 heavy (non-hydrogen) atoms. The molecule has 0 N–H and O–H groups in total. The Bertz CT molecular complexity index is 736. The number of amides is 1. The van der Waals surface area contributed by atoms with Crippen LogP contribution in [0.1, 0.15) is 53.5 Å². The van der Waals surface area contributed by atoms with Crippen LogP contribution in [0.3, 0.4) is 0 Å². The molecule has 168 valence electrons. The molecule has 0 saturated carbocycles. The van der Waals surface area contributed by atoms with Gasteiger partial charge in [-0.3, -0.25) is 4.90 Å². The molecule has 1 aromatic carbocycles. The maximum atomic E-state index is 12.9. The summed E-state index contributed by atoms with van der Waals surface area (Å²) in [7, 11) is -2.05. The first-order valence-corrected chi connectivity index (χ1v) is 13.5. The lowest BCUT2D eigenvalue weighted by Gasteiger charge is -2.38. The lowest BCUT2D eigenvalue weighted by molar-refractivity contribution is -0.150. The van der Waals surface area contributed by atoms with E-state index in [9.17, 15) is 9.59 Å². The highest BCUT2D eigenvalue weighted by Crippen LogP contribution is 2.39. The van der Waals surface area contributed by atoms with Gasteiger partial charge in [-0.25, -0.2) is 9.59 Å². The van der Waals surface area contributed by atoms with Gasteiger partial charge in [-0.05, 0) is 44.5 Å². The summed E-state index contributed by atoms with van der Waals surface area (Å²) in [6.07, 6.45) is -0.308. The number of rotatable bonds is 5. The summed E-state index contributed by atoms with van der Waals surface area (Å²) >= 11 is 0. The lowest BCUT2D eigenvalue weighted by Crippen LogP contribution is -2.45. The predicted octanol–water partition coefficient (Wildman–Crippen LogP) is 5.13. The minimum atomic E-state index is -2.05. The first-order valence-electron chi connectivity index (χ1n) is 10.6. The van der Waals surface area contributed by atoms with E-state index in [-0.39, 0.29) is 17.7 Å². The average Bonchev–Trinajstić information content (AvgIpc) is 3.01. The molecule has 2 atom stereocenters. The van der Waals surface area contributed by atoms with E-state index in [1.807, 2.05) is 51.1 Å². The summed E-state index contributed by atoms with van der Waals surface area (Å²) in [4.78, 5) is 27.2. The van der Waals surface area contributed by atoms with E-state index in [0.717, 1.165) is 5.56 Å². The van der Waals surface area contributed by atoms with Crippen LogP contribution in [-0.4, -0.2) is 49.6 Å². The summed E-state index contributed by atoms with van der Waals surface area (Å²) in [5.41, 5.74) is 0.259. The third-order valence-corrected chi connectivity index (χ3v) is 10.2. The maximum Gasteiger partial charge on any atom is 0.411 e. The molecule has 0 spiro atoms. The van der Waals surface area contributed by atoms with Crippen LogP contribution in [0.2, 0.25) is 18.1 Å². The van der Waals surface area contributed by atoms with Gasteiger partial charge in [0, 0.05) is 13.0 Å². The Morgan fingerprint density at radius 3 is 2.20 bits per heavy atom. The van der Waals surface area contributed by atoms with E-state index >= 15 is 0 Å². The summed E-state index contributed by atoms with van der Waals surface area (Å²) in [5.74, 6) is -0.425. The van der Waals surface area contributed by atoms with Crippen LogP contribution in [0.5, 0.6) is 0 Å². The molecule has 1 aliphatic heterocycles. The van der Waals surface area contributed by atoms with Gasteiger partial charge in [-0.2, -0.15) is 0 Å². The number of carbonyl (C=O) groups is 2. The topological polar surface area (TPSA) is 65.1 Å². The molecule has 1 aliphatic rings. The molecular weight excluding hydrogens is 398 g/mol. The second kappa shape index (κ2) is 9.10. The third-order valence-electron chi connectivity index (χ3n) is 5.65. The number of nitrogens with zero attached hydrogens (tertiary/aromatic N) is 1. The minimum Gasteiger partial charge on any atom is -0.459 e. The fourth-order valence-electron chi connectivity index (χ4n) is 3.05. The zero-order valence-corrected chi connectivity index (χ0v) is 20.7. The van der Waals surface area contributed by atoms with Gasteiger partial charge in [0.1, 0.15) is 18.2 Å². The second-order valence-electron chi connectivity index (χ2n) is 10.5. The van der Waals surface area contributed by atoms with E-state index in [0.29, 0.717) is 13.0 Å². The van der Waals surface area contributed by atoms with Crippen molar-refractivity contribution >= 4 is 20.4 Å². The van der Waals surface area contributed by atoms with Crippen LogP contribution in [0, 0.1) is 0 Å².